The van der Waals surface area contributed by atoms with E-state index in [0.717, 1.165) is 18.4 Å². The van der Waals surface area contributed by atoms with Gasteiger partial charge >= 0.3 is 0 Å². The van der Waals surface area contributed by atoms with Crippen molar-refractivity contribution in [3.8, 4) is 11.5 Å². The van der Waals surface area contributed by atoms with E-state index in [4.69, 9.17) is 9.47 Å². The first-order valence-electron chi connectivity index (χ1n) is 6.83. The summed E-state index contributed by atoms with van der Waals surface area (Å²) in [5.41, 5.74) is 1.94. The second-order valence-corrected chi connectivity index (χ2v) is 4.92. The summed E-state index contributed by atoms with van der Waals surface area (Å²) < 4.78 is 24.0. The highest BCUT2D eigenvalue weighted by molar-refractivity contribution is 6.11. The Balaban J connectivity index is 2.03. The molecule has 0 saturated carbocycles. The van der Waals surface area contributed by atoms with Crippen LogP contribution in [-0.2, 0) is 6.42 Å². The Bertz CT molecular complexity index is 694. The number of para-hydroxylation sites is 1. The molecule has 1 heterocycles. The number of ether oxygens (including phenoxy) is 2. The van der Waals surface area contributed by atoms with Crippen molar-refractivity contribution >= 4 is 5.78 Å². The molecule has 1 aliphatic rings. The minimum Gasteiger partial charge on any atom is -0.494 e. The highest BCUT2D eigenvalue weighted by atomic mass is 19.1. The Kier molecular flexibility index (Phi) is 3.60. The Morgan fingerprint density at radius 3 is 2.95 bits per heavy atom. The van der Waals surface area contributed by atoms with Crippen molar-refractivity contribution in [1.29, 1.82) is 0 Å². The van der Waals surface area contributed by atoms with Crippen LogP contribution in [-0.4, -0.2) is 19.5 Å². The molecule has 3 nitrogen and oxygen atoms in total. The van der Waals surface area contributed by atoms with E-state index in [0.29, 0.717) is 23.5 Å². The summed E-state index contributed by atoms with van der Waals surface area (Å²) in [6.07, 6.45) is 1.86. The number of fused-ring (bicyclic) bond motifs is 1. The van der Waals surface area contributed by atoms with E-state index in [-0.39, 0.29) is 11.5 Å². The highest BCUT2D eigenvalue weighted by Crippen LogP contribution is 2.31. The SMILES string of the molecule is COc1cc(C(=O)c2cccc3c2OCCC3)ccc1F. The van der Waals surface area contributed by atoms with E-state index in [2.05, 4.69) is 0 Å². The van der Waals surface area contributed by atoms with Crippen LogP contribution in [0.3, 0.4) is 0 Å². The number of rotatable bonds is 3. The fourth-order valence-electron chi connectivity index (χ4n) is 2.52. The van der Waals surface area contributed by atoms with Crippen LogP contribution in [0.1, 0.15) is 27.9 Å². The molecule has 0 unspecified atom stereocenters. The van der Waals surface area contributed by atoms with Gasteiger partial charge in [-0.1, -0.05) is 12.1 Å². The average molecular weight is 286 g/mol. The highest BCUT2D eigenvalue weighted by Gasteiger charge is 2.21. The molecule has 0 saturated heterocycles. The molecular weight excluding hydrogens is 271 g/mol. The Morgan fingerprint density at radius 1 is 1.29 bits per heavy atom. The van der Waals surface area contributed by atoms with Gasteiger partial charge in [0.25, 0.3) is 0 Å². The summed E-state index contributed by atoms with van der Waals surface area (Å²) in [4.78, 5) is 12.6. The van der Waals surface area contributed by atoms with Crippen molar-refractivity contribution < 1.29 is 18.7 Å². The van der Waals surface area contributed by atoms with Gasteiger partial charge in [-0.2, -0.15) is 0 Å². The van der Waals surface area contributed by atoms with Gasteiger partial charge in [0, 0.05) is 5.56 Å². The van der Waals surface area contributed by atoms with Crippen LogP contribution < -0.4 is 9.47 Å². The summed E-state index contributed by atoms with van der Waals surface area (Å²) in [5, 5.41) is 0. The zero-order valence-corrected chi connectivity index (χ0v) is 11.7. The summed E-state index contributed by atoms with van der Waals surface area (Å²) in [5.74, 6) is 0.0380. The van der Waals surface area contributed by atoms with E-state index in [1.807, 2.05) is 12.1 Å². The van der Waals surface area contributed by atoms with Gasteiger partial charge < -0.3 is 9.47 Å². The van der Waals surface area contributed by atoms with Gasteiger partial charge in [-0.15, -0.1) is 0 Å². The quantitative estimate of drug-likeness (QED) is 0.811. The third kappa shape index (κ3) is 2.49. The lowest BCUT2D eigenvalue weighted by Crippen LogP contribution is -2.13. The van der Waals surface area contributed by atoms with Gasteiger partial charge in [-0.3, -0.25) is 4.79 Å². The first kappa shape index (κ1) is 13.6. The first-order chi connectivity index (χ1) is 10.2. The molecule has 3 rings (SSSR count). The van der Waals surface area contributed by atoms with Crippen LogP contribution in [0, 0.1) is 5.82 Å². The van der Waals surface area contributed by atoms with E-state index in [1.54, 1.807) is 6.07 Å². The predicted octanol–water partition coefficient (Wildman–Crippen LogP) is 3.39. The maximum absolute atomic E-state index is 13.4. The molecule has 0 N–H and O–H groups in total. The maximum atomic E-state index is 13.4. The predicted molar refractivity (Wildman–Crippen MR) is 76.6 cm³/mol. The molecule has 21 heavy (non-hydrogen) atoms. The van der Waals surface area contributed by atoms with Gasteiger partial charge in [0.1, 0.15) is 5.75 Å². The molecule has 2 aromatic rings. The molecule has 0 radical (unpaired) electrons. The standard InChI is InChI=1S/C17H15FO3/c1-20-15-10-12(7-8-14(15)18)16(19)13-6-2-4-11-5-3-9-21-17(11)13/h2,4,6-8,10H,3,5,9H2,1H3. The van der Waals surface area contributed by atoms with Gasteiger partial charge in [-0.25, -0.2) is 4.39 Å². The van der Waals surface area contributed by atoms with Gasteiger partial charge in [-0.05, 0) is 42.7 Å². The van der Waals surface area contributed by atoms with E-state index < -0.39 is 5.82 Å². The summed E-state index contributed by atoms with van der Waals surface area (Å²) in [6, 6.07) is 9.67. The summed E-state index contributed by atoms with van der Waals surface area (Å²) in [7, 11) is 1.38. The fraction of sp³-hybridized carbons (Fsp3) is 0.235. The van der Waals surface area contributed by atoms with Gasteiger partial charge in [0.15, 0.2) is 17.3 Å². The smallest absolute Gasteiger partial charge is 0.196 e. The van der Waals surface area contributed by atoms with Crippen LogP contribution in [0.2, 0.25) is 0 Å². The lowest BCUT2D eigenvalue weighted by molar-refractivity contribution is 0.103. The minimum atomic E-state index is -0.486. The molecule has 0 bridgehead atoms. The molecule has 0 atom stereocenters. The lowest BCUT2D eigenvalue weighted by Gasteiger charge is -2.19. The number of hydrogen-bond acceptors (Lipinski definition) is 3. The number of ketones is 1. The first-order valence-corrected chi connectivity index (χ1v) is 6.83. The zero-order valence-electron chi connectivity index (χ0n) is 11.7. The lowest BCUT2D eigenvalue weighted by atomic mass is 9.96. The maximum Gasteiger partial charge on any atom is 0.196 e. The Labute approximate surface area is 122 Å². The summed E-state index contributed by atoms with van der Waals surface area (Å²) in [6.45, 7) is 0.615. The van der Waals surface area contributed by atoms with Crippen LogP contribution in [0.25, 0.3) is 0 Å². The number of carbonyl (C=O) groups is 1. The largest absolute Gasteiger partial charge is 0.494 e. The molecule has 2 aromatic carbocycles. The number of carbonyl (C=O) groups excluding carboxylic acids is 1. The van der Waals surface area contributed by atoms with Crippen molar-refractivity contribution in [3.05, 3.63) is 58.9 Å². The molecule has 0 aliphatic carbocycles. The Morgan fingerprint density at radius 2 is 2.14 bits per heavy atom. The van der Waals surface area contributed by atoms with Crippen LogP contribution in [0.5, 0.6) is 11.5 Å². The third-order valence-corrected chi connectivity index (χ3v) is 3.59. The van der Waals surface area contributed by atoms with Gasteiger partial charge in [0.2, 0.25) is 0 Å². The second kappa shape index (κ2) is 5.56. The number of aryl methyl sites for hydroxylation is 1. The van der Waals surface area contributed by atoms with Crippen molar-refractivity contribution in [2.45, 2.75) is 12.8 Å². The monoisotopic (exact) mass is 286 g/mol. The number of halogens is 1. The molecular formula is C17H15FO3. The molecule has 0 fully saturated rings. The van der Waals surface area contributed by atoms with Crippen LogP contribution in [0.15, 0.2) is 36.4 Å². The molecule has 4 heteroatoms. The molecule has 0 amide bonds. The zero-order chi connectivity index (χ0) is 14.8. The van der Waals surface area contributed by atoms with E-state index in [1.165, 1.54) is 25.3 Å². The van der Waals surface area contributed by atoms with Crippen molar-refractivity contribution in [2.24, 2.45) is 0 Å². The molecule has 0 aromatic heterocycles. The number of methoxy groups -OCH3 is 1. The van der Waals surface area contributed by atoms with E-state index >= 15 is 0 Å². The van der Waals surface area contributed by atoms with Gasteiger partial charge in [0.05, 0.1) is 19.3 Å². The molecule has 1 aliphatic heterocycles. The fourth-order valence-corrected chi connectivity index (χ4v) is 2.52. The Hall–Kier alpha value is -2.36. The van der Waals surface area contributed by atoms with Crippen molar-refractivity contribution in [1.82, 2.24) is 0 Å². The number of hydrogen-bond donors (Lipinski definition) is 0. The topological polar surface area (TPSA) is 35.5 Å². The average Bonchev–Trinajstić information content (AvgIpc) is 2.54. The molecule has 0 spiro atoms. The third-order valence-electron chi connectivity index (χ3n) is 3.59. The minimum absolute atomic E-state index is 0.0616. The van der Waals surface area contributed by atoms with Crippen molar-refractivity contribution in [3.63, 3.8) is 0 Å². The second-order valence-electron chi connectivity index (χ2n) is 4.92. The number of benzene rings is 2. The van der Waals surface area contributed by atoms with E-state index in [9.17, 15) is 9.18 Å². The summed E-state index contributed by atoms with van der Waals surface area (Å²) >= 11 is 0. The van der Waals surface area contributed by atoms with Crippen LogP contribution >= 0.6 is 0 Å². The van der Waals surface area contributed by atoms with Crippen molar-refractivity contribution in [2.75, 3.05) is 13.7 Å². The van der Waals surface area contributed by atoms with Crippen LogP contribution in [0.4, 0.5) is 4.39 Å². The molecule has 108 valence electrons. The normalized spacial score (nSPS) is 13.2.